The highest BCUT2D eigenvalue weighted by Gasteiger charge is 2.27. The average Bonchev–Trinajstić information content (AvgIpc) is 3.10. The van der Waals surface area contributed by atoms with Gasteiger partial charge in [-0.15, -0.1) is 0 Å². The normalized spacial score (nSPS) is 16.1. The third kappa shape index (κ3) is 5.36. The fourth-order valence-electron chi connectivity index (χ4n) is 3.71. The maximum atomic E-state index is 14.8. The number of hydrazine groups is 1. The van der Waals surface area contributed by atoms with E-state index < -0.39 is 23.8 Å². The Kier molecular flexibility index (Phi) is 7.10. The number of pyridine rings is 1. The topological polar surface area (TPSA) is 94.6 Å². The van der Waals surface area contributed by atoms with E-state index in [0.29, 0.717) is 5.56 Å². The van der Waals surface area contributed by atoms with Crippen molar-refractivity contribution in [3.8, 4) is 0 Å². The minimum atomic E-state index is -0.700. The fraction of sp³-hybridized carbons (Fsp3) is 0.333. The summed E-state index contributed by atoms with van der Waals surface area (Å²) in [6, 6.07) is 4.59. The van der Waals surface area contributed by atoms with Crippen LogP contribution in [0.3, 0.4) is 0 Å². The fourth-order valence-corrected chi connectivity index (χ4v) is 3.71. The average molecular weight is 454 g/mol. The molecule has 1 aromatic carbocycles. The van der Waals surface area contributed by atoms with Crippen LogP contribution in [0.1, 0.15) is 65.1 Å². The zero-order chi connectivity index (χ0) is 24.3. The van der Waals surface area contributed by atoms with Crippen LogP contribution >= 0.6 is 0 Å². The van der Waals surface area contributed by atoms with Gasteiger partial charge in [-0.3, -0.25) is 20.0 Å². The second kappa shape index (κ2) is 9.81. The van der Waals surface area contributed by atoms with Crippen LogP contribution in [0.2, 0.25) is 0 Å². The molecule has 1 aliphatic rings. The van der Waals surface area contributed by atoms with Gasteiger partial charge in [0.25, 0.3) is 11.8 Å². The van der Waals surface area contributed by atoms with Gasteiger partial charge in [0.2, 0.25) is 0 Å². The second-order valence-electron chi connectivity index (χ2n) is 8.26. The van der Waals surface area contributed by atoms with E-state index in [2.05, 4.69) is 15.7 Å². The van der Waals surface area contributed by atoms with Crippen LogP contribution in [0.25, 0.3) is 0 Å². The molecule has 2 heterocycles. The maximum absolute atomic E-state index is 14.8. The van der Waals surface area contributed by atoms with Gasteiger partial charge >= 0.3 is 6.03 Å². The number of benzene rings is 1. The molecular weight excluding hydrogens is 425 g/mol. The van der Waals surface area contributed by atoms with Gasteiger partial charge in [0.05, 0.1) is 11.6 Å². The molecule has 2 N–H and O–H groups in total. The quantitative estimate of drug-likeness (QED) is 0.690. The third-order valence-corrected chi connectivity index (χ3v) is 5.56. The second-order valence-corrected chi connectivity index (χ2v) is 8.26. The van der Waals surface area contributed by atoms with Crippen molar-refractivity contribution in [1.29, 1.82) is 0 Å². The number of urea groups is 1. The van der Waals surface area contributed by atoms with Gasteiger partial charge in [-0.2, -0.15) is 0 Å². The van der Waals surface area contributed by atoms with E-state index in [1.165, 1.54) is 25.4 Å². The van der Waals surface area contributed by atoms with Crippen LogP contribution < -0.4 is 10.7 Å². The molecule has 33 heavy (non-hydrogen) atoms. The molecule has 9 heteroatoms. The molecular formula is C24H28FN5O3. The first-order chi connectivity index (χ1) is 15.6. The number of rotatable bonds is 4. The van der Waals surface area contributed by atoms with Gasteiger partial charge in [0.15, 0.2) is 0 Å². The van der Waals surface area contributed by atoms with Crippen molar-refractivity contribution in [2.75, 3.05) is 7.05 Å². The zero-order valence-electron chi connectivity index (χ0n) is 19.3. The Hall–Kier alpha value is -3.75. The Morgan fingerprint density at radius 2 is 1.91 bits per heavy atom. The first-order valence-corrected chi connectivity index (χ1v) is 10.6. The molecule has 8 nitrogen and oxygen atoms in total. The van der Waals surface area contributed by atoms with Gasteiger partial charge in [-0.05, 0) is 57.9 Å². The largest absolute Gasteiger partial charge is 0.336 e. The predicted octanol–water partition coefficient (Wildman–Crippen LogP) is 3.71. The van der Waals surface area contributed by atoms with Crippen LogP contribution in [0, 0.1) is 12.7 Å². The first kappa shape index (κ1) is 23.9. The lowest BCUT2D eigenvalue weighted by Crippen LogP contribution is -2.48. The summed E-state index contributed by atoms with van der Waals surface area (Å²) in [5, 5.41) is 3.62. The molecule has 2 aromatic rings. The molecule has 0 radical (unpaired) electrons. The Labute approximate surface area is 192 Å². The van der Waals surface area contributed by atoms with E-state index in [-0.39, 0.29) is 23.1 Å². The number of nitrogens with one attached hydrogen (secondary N) is 2. The number of hydrogen-bond donors (Lipinski definition) is 2. The Morgan fingerprint density at radius 1 is 1.18 bits per heavy atom. The summed E-state index contributed by atoms with van der Waals surface area (Å²) in [6.45, 7) is 7.22. The summed E-state index contributed by atoms with van der Waals surface area (Å²) >= 11 is 0. The van der Waals surface area contributed by atoms with E-state index >= 15 is 0 Å². The molecule has 1 unspecified atom stereocenters. The van der Waals surface area contributed by atoms with Crippen molar-refractivity contribution in [2.45, 2.75) is 46.2 Å². The monoisotopic (exact) mass is 453 g/mol. The molecule has 1 aliphatic heterocycles. The minimum absolute atomic E-state index is 0.0276. The van der Waals surface area contributed by atoms with Crippen molar-refractivity contribution in [3.05, 3.63) is 76.5 Å². The summed E-state index contributed by atoms with van der Waals surface area (Å²) in [4.78, 5) is 43.2. The lowest BCUT2D eigenvalue weighted by molar-refractivity contribution is 0.0775. The molecule has 0 saturated carbocycles. The highest BCUT2D eigenvalue weighted by Crippen LogP contribution is 2.25. The summed E-state index contributed by atoms with van der Waals surface area (Å²) < 4.78 is 14.8. The number of nitrogens with zero attached hydrogens (tertiary/aromatic N) is 3. The van der Waals surface area contributed by atoms with E-state index in [1.807, 2.05) is 19.9 Å². The molecule has 0 fully saturated rings. The molecule has 1 aromatic heterocycles. The molecule has 0 bridgehead atoms. The lowest BCUT2D eigenvalue weighted by atomic mass is 10.0. The number of allylic oxidation sites excluding steroid dienone is 1. The molecule has 0 spiro atoms. The number of amides is 4. The van der Waals surface area contributed by atoms with Crippen molar-refractivity contribution < 1.29 is 18.8 Å². The highest BCUT2D eigenvalue weighted by molar-refractivity contribution is 5.96. The van der Waals surface area contributed by atoms with Crippen LogP contribution in [0.15, 0.2) is 48.4 Å². The van der Waals surface area contributed by atoms with E-state index in [9.17, 15) is 18.8 Å². The van der Waals surface area contributed by atoms with Gasteiger partial charge in [-0.25, -0.2) is 14.2 Å². The van der Waals surface area contributed by atoms with Gasteiger partial charge in [0, 0.05) is 42.3 Å². The van der Waals surface area contributed by atoms with Crippen molar-refractivity contribution in [2.24, 2.45) is 0 Å². The Balaban J connectivity index is 1.64. The molecule has 3 rings (SSSR count). The SMILES string of the molecule is CC1=CCC(C)N1C(=O)c1ccc([C@@H](C)NC(=O)N(C)NC(=O)c2cncc(C)c2)c(F)c1. The summed E-state index contributed by atoms with van der Waals surface area (Å²) in [6.07, 6.45) is 5.77. The van der Waals surface area contributed by atoms with Crippen LogP contribution in [0.5, 0.6) is 0 Å². The van der Waals surface area contributed by atoms with Gasteiger partial charge < -0.3 is 10.2 Å². The Bertz CT molecular complexity index is 1120. The minimum Gasteiger partial charge on any atom is -0.330 e. The standard InChI is InChI=1S/C24H28FN5O3/c1-14-10-19(13-26-12-14)22(31)28-29(5)24(33)27-17(4)20-9-8-18(11-21(20)25)23(32)30-15(2)6-7-16(30)3/h6,8-13,16-17H,7H2,1-5H3,(H,27,33)(H,28,31)/t16?,17-/m1/s1. The molecule has 4 amide bonds. The molecule has 0 saturated heterocycles. The summed E-state index contributed by atoms with van der Waals surface area (Å²) in [5.74, 6) is -1.35. The van der Waals surface area contributed by atoms with Crippen LogP contribution in [-0.2, 0) is 0 Å². The summed E-state index contributed by atoms with van der Waals surface area (Å²) in [7, 11) is 1.38. The van der Waals surface area contributed by atoms with E-state index in [4.69, 9.17) is 0 Å². The number of hydrogen-bond acceptors (Lipinski definition) is 4. The van der Waals surface area contributed by atoms with Crippen molar-refractivity contribution >= 4 is 17.8 Å². The third-order valence-electron chi connectivity index (χ3n) is 5.56. The first-order valence-electron chi connectivity index (χ1n) is 10.6. The lowest BCUT2D eigenvalue weighted by Gasteiger charge is -2.25. The van der Waals surface area contributed by atoms with E-state index in [1.54, 1.807) is 37.1 Å². The predicted molar refractivity (Wildman–Crippen MR) is 122 cm³/mol. The van der Waals surface area contributed by atoms with Gasteiger partial charge in [0.1, 0.15) is 5.82 Å². The highest BCUT2D eigenvalue weighted by atomic mass is 19.1. The number of halogens is 1. The van der Waals surface area contributed by atoms with Gasteiger partial charge in [-0.1, -0.05) is 12.1 Å². The maximum Gasteiger partial charge on any atom is 0.336 e. The smallest absolute Gasteiger partial charge is 0.330 e. The molecule has 0 aliphatic carbocycles. The van der Waals surface area contributed by atoms with Crippen molar-refractivity contribution in [3.63, 3.8) is 0 Å². The van der Waals surface area contributed by atoms with Crippen molar-refractivity contribution in [1.82, 2.24) is 25.6 Å². The number of aryl methyl sites for hydroxylation is 1. The summed E-state index contributed by atoms with van der Waals surface area (Å²) in [5.41, 5.74) is 4.89. The molecule has 174 valence electrons. The number of carbonyl (C=O) groups excluding carboxylic acids is 3. The molecule has 2 atom stereocenters. The number of carbonyl (C=O) groups is 3. The van der Waals surface area contributed by atoms with Crippen LogP contribution in [0.4, 0.5) is 9.18 Å². The van der Waals surface area contributed by atoms with Crippen LogP contribution in [-0.4, -0.2) is 45.8 Å². The number of aromatic nitrogens is 1. The zero-order valence-corrected chi connectivity index (χ0v) is 19.3. The Morgan fingerprint density at radius 3 is 2.52 bits per heavy atom. The van der Waals surface area contributed by atoms with E-state index in [0.717, 1.165) is 22.7 Å².